The molecule has 3 amide bonds. The highest BCUT2D eigenvalue weighted by atomic mass is 16.5. The number of hydrogen-bond acceptors (Lipinski definition) is 6. The Bertz CT molecular complexity index is 1380. The average Bonchev–Trinajstić information content (AvgIpc) is 2.94. The lowest BCUT2D eigenvalue weighted by molar-refractivity contribution is -0.133. The van der Waals surface area contributed by atoms with Crippen LogP contribution in [-0.4, -0.2) is 46.7 Å². The predicted molar refractivity (Wildman–Crippen MR) is 150 cm³/mol. The number of benzene rings is 3. The van der Waals surface area contributed by atoms with Crippen LogP contribution in [0.1, 0.15) is 35.8 Å². The monoisotopic (exact) mass is 526 g/mol. The van der Waals surface area contributed by atoms with E-state index in [9.17, 15) is 19.5 Å². The molecule has 3 aromatic carbocycles. The van der Waals surface area contributed by atoms with Gasteiger partial charge in [0.15, 0.2) is 0 Å². The smallest absolute Gasteiger partial charge is 0.268 e. The first kappa shape index (κ1) is 30.1. The maximum absolute atomic E-state index is 12.3. The Kier molecular flexibility index (Phi) is 11.8. The quantitative estimate of drug-likeness (QED) is 0.152. The summed E-state index contributed by atoms with van der Waals surface area (Å²) in [7, 11) is 0. The molecule has 0 bridgehead atoms. The second-order valence-electron chi connectivity index (χ2n) is 8.09. The molecular weight excluding hydrogens is 496 g/mol. The standard InChI is InChI=1S/C29H26N4O5.CH4/c1-20(34)27(29(37)33-38)32-28(36)23-15-11-21(12-16-23)7-5-6-8-22-13-17-25(18-14-22)31-26(35)19-30-24-9-3-2-4-10-24;/h2-4,9-18,20,27,30,34,38H,19H2,1H3,(H,31,35)(H,32,36)(H,33,37);1H4/t20-,27+;/m1./s1. The zero-order valence-corrected chi connectivity index (χ0v) is 20.5. The summed E-state index contributed by atoms with van der Waals surface area (Å²) in [5, 5.41) is 26.6. The van der Waals surface area contributed by atoms with Crippen molar-refractivity contribution in [3.8, 4) is 23.7 Å². The number of carbonyl (C=O) groups is 3. The van der Waals surface area contributed by atoms with Crippen LogP contribution < -0.4 is 21.4 Å². The largest absolute Gasteiger partial charge is 0.391 e. The van der Waals surface area contributed by atoms with E-state index in [2.05, 4.69) is 39.6 Å². The number of anilines is 2. The topological polar surface area (TPSA) is 140 Å². The Labute approximate surface area is 227 Å². The zero-order valence-electron chi connectivity index (χ0n) is 20.5. The number of rotatable bonds is 8. The van der Waals surface area contributed by atoms with Crippen LogP contribution in [0.4, 0.5) is 11.4 Å². The van der Waals surface area contributed by atoms with Crippen LogP contribution in [0, 0.1) is 23.7 Å². The maximum Gasteiger partial charge on any atom is 0.268 e. The number of hydroxylamine groups is 1. The van der Waals surface area contributed by atoms with Crippen LogP contribution in [-0.2, 0) is 9.59 Å². The summed E-state index contributed by atoms with van der Waals surface area (Å²) in [4.78, 5) is 36.0. The van der Waals surface area contributed by atoms with E-state index < -0.39 is 24.0 Å². The van der Waals surface area contributed by atoms with Gasteiger partial charge in [-0.1, -0.05) is 37.5 Å². The molecule has 0 unspecified atom stereocenters. The number of aliphatic hydroxyl groups is 1. The molecule has 200 valence electrons. The van der Waals surface area contributed by atoms with Crippen molar-refractivity contribution in [2.75, 3.05) is 17.2 Å². The molecule has 0 aliphatic heterocycles. The molecule has 6 N–H and O–H groups in total. The SMILES string of the molecule is C.C[C@@H](O)[C@H](NC(=O)c1ccc(C#CC#Cc2ccc(NC(=O)CNc3ccccc3)cc2)cc1)C(=O)NO. The first-order chi connectivity index (χ1) is 18.4. The second-order valence-corrected chi connectivity index (χ2v) is 8.09. The first-order valence-electron chi connectivity index (χ1n) is 11.6. The van der Waals surface area contributed by atoms with Crippen molar-refractivity contribution in [2.24, 2.45) is 0 Å². The highest BCUT2D eigenvalue weighted by molar-refractivity contribution is 5.97. The number of carbonyl (C=O) groups excluding carboxylic acids is 3. The van der Waals surface area contributed by atoms with E-state index >= 15 is 0 Å². The summed E-state index contributed by atoms with van der Waals surface area (Å²) in [5.41, 5.74) is 4.53. The van der Waals surface area contributed by atoms with Gasteiger partial charge in [0.2, 0.25) is 5.91 Å². The van der Waals surface area contributed by atoms with Crippen molar-refractivity contribution >= 4 is 29.1 Å². The van der Waals surface area contributed by atoms with Crippen molar-refractivity contribution < 1.29 is 24.7 Å². The third-order valence-electron chi connectivity index (χ3n) is 5.18. The molecule has 0 heterocycles. The second kappa shape index (κ2) is 15.2. The summed E-state index contributed by atoms with van der Waals surface area (Å²) in [6.07, 6.45) is -1.20. The molecule has 0 spiro atoms. The molecule has 0 aromatic heterocycles. The van der Waals surface area contributed by atoms with Gasteiger partial charge < -0.3 is 21.1 Å². The number of amides is 3. The lowest BCUT2D eigenvalue weighted by atomic mass is 10.1. The molecule has 0 aliphatic rings. The van der Waals surface area contributed by atoms with E-state index in [0.29, 0.717) is 11.3 Å². The van der Waals surface area contributed by atoms with Crippen LogP contribution in [0.5, 0.6) is 0 Å². The molecule has 3 aromatic rings. The molecular formula is C30H30N4O5. The third kappa shape index (κ3) is 9.71. The van der Waals surface area contributed by atoms with Crippen LogP contribution in [0.15, 0.2) is 78.9 Å². The van der Waals surface area contributed by atoms with Gasteiger partial charge in [0, 0.05) is 28.1 Å². The van der Waals surface area contributed by atoms with Gasteiger partial charge in [0.05, 0.1) is 12.6 Å². The van der Waals surface area contributed by atoms with Gasteiger partial charge >= 0.3 is 0 Å². The molecule has 0 aliphatic carbocycles. The van der Waals surface area contributed by atoms with Crippen molar-refractivity contribution in [3.05, 3.63) is 95.6 Å². The minimum absolute atomic E-state index is 0. The average molecular weight is 527 g/mol. The maximum atomic E-state index is 12.3. The summed E-state index contributed by atoms with van der Waals surface area (Å²) in [6.45, 7) is 1.47. The highest BCUT2D eigenvalue weighted by Crippen LogP contribution is 2.10. The van der Waals surface area contributed by atoms with E-state index in [1.165, 1.54) is 24.5 Å². The van der Waals surface area contributed by atoms with Crippen molar-refractivity contribution in [3.63, 3.8) is 0 Å². The van der Waals surface area contributed by atoms with Gasteiger partial charge in [-0.25, -0.2) is 5.48 Å². The third-order valence-corrected chi connectivity index (χ3v) is 5.18. The van der Waals surface area contributed by atoms with Gasteiger partial charge in [0.1, 0.15) is 6.04 Å². The Morgan fingerprint density at radius 1 is 0.821 bits per heavy atom. The van der Waals surface area contributed by atoms with Crippen LogP contribution in [0.25, 0.3) is 0 Å². The van der Waals surface area contributed by atoms with Gasteiger partial charge in [-0.3, -0.25) is 19.6 Å². The molecule has 0 saturated carbocycles. The van der Waals surface area contributed by atoms with E-state index in [1.807, 2.05) is 30.3 Å². The number of para-hydroxylation sites is 1. The van der Waals surface area contributed by atoms with E-state index in [0.717, 1.165) is 11.3 Å². The fraction of sp³-hybridized carbons (Fsp3) is 0.167. The molecule has 39 heavy (non-hydrogen) atoms. The van der Waals surface area contributed by atoms with Crippen molar-refractivity contribution in [1.82, 2.24) is 10.8 Å². The molecule has 0 fully saturated rings. The summed E-state index contributed by atoms with van der Waals surface area (Å²) >= 11 is 0. The van der Waals surface area contributed by atoms with Gasteiger partial charge in [0.25, 0.3) is 11.8 Å². The van der Waals surface area contributed by atoms with Crippen LogP contribution in [0.3, 0.4) is 0 Å². The lowest BCUT2D eigenvalue weighted by Crippen LogP contribution is -2.51. The summed E-state index contributed by atoms with van der Waals surface area (Å²) < 4.78 is 0. The van der Waals surface area contributed by atoms with E-state index in [4.69, 9.17) is 5.21 Å². The van der Waals surface area contributed by atoms with Gasteiger partial charge in [-0.15, -0.1) is 0 Å². The van der Waals surface area contributed by atoms with Crippen molar-refractivity contribution in [1.29, 1.82) is 0 Å². The minimum atomic E-state index is -1.30. The Hall–Kier alpha value is -5.09. The first-order valence-corrected chi connectivity index (χ1v) is 11.6. The van der Waals surface area contributed by atoms with Crippen molar-refractivity contribution in [2.45, 2.75) is 26.5 Å². The number of hydrogen-bond donors (Lipinski definition) is 6. The van der Waals surface area contributed by atoms with E-state index in [1.54, 1.807) is 36.4 Å². The number of aliphatic hydroxyl groups excluding tert-OH is 1. The highest BCUT2D eigenvalue weighted by Gasteiger charge is 2.25. The van der Waals surface area contributed by atoms with E-state index in [-0.39, 0.29) is 25.4 Å². The van der Waals surface area contributed by atoms with Gasteiger partial charge in [-0.2, -0.15) is 0 Å². The number of nitrogens with one attached hydrogen (secondary N) is 4. The Balaban J connectivity index is 0.00000533. The molecule has 0 radical (unpaired) electrons. The predicted octanol–water partition coefficient (Wildman–Crippen LogP) is 2.76. The fourth-order valence-electron chi connectivity index (χ4n) is 3.19. The zero-order chi connectivity index (χ0) is 27.3. The Morgan fingerprint density at radius 2 is 1.38 bits per heavy atom. The molecule has 9 nitrogen and oxygen atoms in total. The molecule has 9 heteroatoms. The Morgan fingerprint density at radius 3 is 1.92 bits per heavy atom. The summed E-state index contributed by atoms with van der Waals surface area (Å²) in [5.74, 6) is 9.62. The van der Waals surface area contributed by atoms with Crippen LogP contribution in [0.2, 0.25) is 0 Å². The van der Waals surface area contributed by atoms with Gasteiger partial charge in [-0.05, 0) is 79.4 Å². The molecule has 3 rings (SSSR count). The molecule has 0 saturated heterocycles. The normalized spacial score (nSPS) is 11.1. The lowest BCUT2D eigenvalue weighted by Gasteiger charge is -2.19. The molecule has 2 atom stereocenters. The minimum Gasteiger partial charge on any atom is -0.391 e. The van der Waals surface area contributed by atoms with Crippen LogP contribution >= 0.6 is 0 Å². The summed E-state index contributed by atoms with van der Waals surface area (Å²) in [6, 6.07) is 21.5. The fourth-order valence-corrected chi connectivity index (χ4v) is 3.19.